The molecule has 0 atom stereocenters. The molecule has 0 aliphatic carbocycles. The predicted octanol–water partition coefficient (Wildman–Crippen LogP) is 5.81. The fourth-order valence-corrected chi connectivity index (χ4v) is 2.94. The number of rotatable bonds is 1. The Kier molecular flexibility index (Phi) is 3.48. The van der Waals surface area contributed by atoms with E-state index in [1.165, 1.54) is 21.9 Å². The van der Waals surface area contributed by atoms with Gasteiger partial charge in [0.15, 0.2) is 0 Å². The van der Waals surface area contributed by atoms with Crippen LogP contribution in [0.2, 0.25) is 0 Å². The third-order valence-corrected chi connectivity index (χ3v) is 3.95. The van der Waals surface area contributed by atoms with E-state index in [-0.39, 0.29) is 8.84 Å². The monoisotopic (exact) mass is 352 g/mol. The lowest BCUT2D eigenvalue weighted by molar-refractivity contribution is 0.595. The van der Waals surface area contributed by atoms with Crippen molar-refractivity contribution >= 4 is 33.4 Å². The van der Waals surface area contributed by atoms with E-state index in [2.05, 4.69) is 93.6 Å². The normalized spacial score (nSPS) is 13.0. The van der Waals surface area contributed by atoms with Crippen LogP contribution in [0.15, 0.2) is 36.4 Å². The first kappa shape index (κ1) is 13.9. The molecular weight excluding hydrogens is 331 g/mol. The van der Waals surface area contributed by atoms with Gasteiger partial charge >= 0.3 is 0 Å². The number of hydrogen-bond acceptors (Lipinski definition) is 0. The van der Waals surface area contributed by atoms with Gasteiger partial charge in [0, 0.05) is 3.42 Å². The molecule has 0 saturated carbocycles. The minimum absolute atomic E-state index is 0.160. The largest absolute Gasteiger partial charge is 0.0742 e. The number of alkyl halides is 1. The highest BCUT2D eigenvalue weighted by Crippen LogP contribution is 2.39. The van der Waals surface area contributed by atoms with E-state index in [0.29, 0.717) is 0 Å². The summed E-state index contributed by atoms with van der Waals surface area (Å²) in [7, 11) is 0. The van der Waals surface area contributed by atoms with Crippen molar-refractivity contribution in [3.8, 4) is 0 Å². The zero-order valence-corrected chi connectivity index (χ0v) is 14.0. The van der Waals surface area contributed by atoms with Crippen molar-refractivity contribution in [2.45, 2.75) is 43.5 Å². The molecule has 0 spiro atoms. The third kappa shape index (κ3) is 2.56. The molecule has 2 aromatic carbocycles. The van der Waals surface area contributed by atoms with Crippen LogP contribution < -0.4 is 0 Å². The van der Waals surface area contributed by atoms with E-state index in [4.69, 9.17) is 0 Å². The molecule has 0 aromatic heterocycles. The fourth-order valence-electron chi connectivity index (χ4n) is 2.47. The van der Waals surface area contributed by atoms with E-state index in [1.54, 1.807) is 0 Å². The first-order valence-electron chi connectivity index (χ1n) is 6.43. The summed E-state index contributed by atoms with van der Waals surface area (Å²) in [5.41, 5.74) is 3.04. The Morgan fingerprint density at radius 3 is 1.61 bits per heavy atom. The highest BCUT2D eigenvalue weighted by atomic mass is 127. The highest BCUT2D eigenvalue weighted by Gasteiger charge is 2.22. The van der Waals surface area contributed by atoms with Crippen LogP contribution in [0.5, 0.6) is 0 Å². The maximum atomic E-state index is 2.52. The molecule has 0 N–H and O–H groups in total. The van der Waals surface area contributed by atoms with Gasteiger partial charge in [0.25, 0.3) is 0 Å². The second-order valence-corrected chi connectivity index (χ2v) is 9.13. The van der Waals surface area contributed by atoms with E-state index >= 15 is 0 Å². The fraction of sp³-hybridized carbons (Fsp3) is 0.412. The van der Waals surface area contributed by atoms with Crippen molar-refractivity contribution in [2.24, 2.45) is 0 Å². The predicted molar refractivity (Wildman–Crippen MR) is 89.7 cm³/mol. The summed E-state index contributed by atoms with van der Waals surface area (Å²) in [6, 6.07) is 13.4. The number of benzene rings is 2. The Bertz CT molecular complexity index is 516. The summed E-state index contributed by atoms with van der Waals surface area (Å²) in [5.74, 6) is 0. The molecule has 0 unspecified atom stereocenters. The van der Waals surface area contributed by atoms with Crippen molar-refractivity contribution in [1.82, 2.24) is 0 Å². The second kappa shape index (κ2) is 4.52. The molecule has 0 fully saturated rings. The Morgan fingerprint density at radius 1 is 0.722 bits per heavy atom. The van der Waals surface area contributed by atoms with Gasteiger partial charge in [-0.15, -0.1) is 0 Å². The van der Waals surface area contributed by atoms with Gasteiger partial charge in [0.1, 0.15) is 0 Å². The molecule has 0 saturated heterocycles. The average molecular weight is 352 g/mol. The summed E-state index contributed by atoms with van der Waals surface area (Å²) < 4.78 is 0.160. The molecule has 0 nitrogen and oxygen atoms in total. The lowest BCUT2D eigenvalue weighted by atomic mass is 9.81. The minimum Gasteiger partial charge on any atom is -0.0742 e. The Labute approximate surface area is 124 Å². The van der Waals surface area contributed by atoms with Crippen LogP contribution in [0.25, 0.3) is 10.8 Å². The Balaban J connectivity index is 2.83. The van der Waals surface area contributed by atoms with Gasteiger partial charge in [0.05, 0.1) is 0 Å². The molecule has 0 bridgehead atoms. The number of fused-ring (bicyclic) bond motifs is 1. The first-order chi connectivity index (χ1) is 8.21. The van der Waals surface area contributed by atoms with Gasteiger partial charge in [-0.1, -0.05) is 79.8 Å². The molecule has 0 radical (unpaired) electrons. The van der Waals surface area contributed by atoms with Crippen LogP contribution in [0.4, 0.5) is 0 Å². The molecule has 2 rings (SSSR count). The van der Waals surface area contributed by atoms with Crippen LogP contribution in [0, 0.1) is 0 Å². The van der Waals surface area contributed by atoms with Crippen molar-refractivity contribution < 1.29 is 0 Å². The quantitative estimate of drug-likeness (QED) is 0.449. The lowest BCUT2D eigenvalue weighted by Gasteiger charge is -2.26. The zero-order chi connectivity index (χ0) is 13.6. The van der Waals surface area contributed by atoms with Crippen LogP contribution in [0.3, 0.4) is 0 Å². The van der Waals surface area contributed by atoms with Crippen LogP contribution in [0.1, 0.15) is 45.7 Å². The van der Waals surface area contributed by atoms with Gasteiger partial charge in [-0.2, -0.15) is 0 Å². The topological polar surface area (TPSA) is 0 Å². The van der Waals surface area contributed by atoms with Crippen molar-refractivity contribution in [2.75, 3.05) is 0 Å². The van der Waals surface area contributed by atoms with E-state index < -0.39 is 0 Å². The molecule has 0 aliphatic heterocycles. The Morgan fingerprint density at radius 2 is 1.17 bits per heavy atom. The molecule has 0 amide bonds. The maximum absolute atomic E-state index is 2.52. The smallest absolute Gasteiger partial charge is 0.0420 e. The number of hydrogen-bond donors (Lipinski definition) is 0. The number of halogens is 1. The second-order valence-electron chi connectivity index (χ2n) is 6.43. The van der Waals surface area contributed by atoms with Crippen molar-refractivity contribution in [3.05, 3.63) is 47.5 Å². The van der Waals surface area contributed by atoms with Crippen molar-refractivity contribution in [3.63, 3.8) is 0 Å². The maximum Gasteiger partial charge on any atom is 0.0420 e. The van der Waals surface area contributed by atoms with Crippen molar-refractivity contribution in [1.29, 1.82) is 0 Å². The van der Waals surface area contributed by atoms with E-state index in [0.717, 1.165) is 0 Å². The van der Waals surface area contributed by atoms with Gasteiger partial charge in [-0.25, -0.2) is 0 Å². The van der Waals surface area contributed by atoms with Gasteiger partial charge < -0.3 is 0 Å². The van der Waals surface area contributed by atoms with E-state index in [1.807, 2.05) is 0 Å². The summed E-state index contributed by atoms with van der Waals surface area (Å²) in [6.45, 7) is 11.4. The van der Waals surface area contributed by atoms with Crippen LogP contribution in [-0.2, 0) is 8.84 Å². The molecular formula is C17H21I. The minimum atomic E-state index is 0.160. The molecule has 18 heavy (non-hydrogen) atoms. The Hall–Kier alpha value is -0.570. The lowest BCUT2D eigenvalue weighted by Crippen LogP contribution is -2.14. The molecule has 0 heterocycles. The van der Waals surface area contributed by atoms with Gasteiger partial charge in [-0.3, -0.25) is 0 Å². The first-order valence-corrected chi connectivity index (χ1v) is 7.51. The summed E-state index contributed by atoms with van der Waals surface area (Å²) >= 11 is 2.52. The third-order valence-electron chi connectivity index (χ3n) is 3.37. The zero-order valence-electron chi connectivity index (χ0n) is 11.8. The summed E-state index contributed by atoms with van der Waals surface area (Å²) in [6.07, 6.45) is 0. The van der Waals surface area contributed by atoms with E-state index in [9.17, 15) is 0 Å². The summed E-state index contributed by atoms with van der Waals surface area (Å²) in [5, 5.41) is 2.79. The SMILES string of the molecule is CC(C)(C)c1ccc(C(C)(C)I)c2ccccc12. The molecule has 96 valence electrons. The van der Waals surface area contributed by atoms with Crippen LogP contribution >= 0.6 is 22.6 Å². The molecule has 1 heteroatoms. The standard InChI is InChI=1S/C17H21I/c1-16(2,3)14-10-11-15(17(4,5)18)13-9-7-6-8-12(13)14/h6-11H,1-5H3. The highest BCUT2D eigenvalue weighted by molar-refractivity contribution is 14.1. The molecule has 0 aliphatic rings. The summed E-state index contributed by atoms with van der Waals surface area (Å²) in [4.78, 5) is 0. The van der Waals surface area contributed by atoms with Gasteiger partial charge in [0.2, 0.25) is 0 Å². The van der Waals surface area contributed by atoms with Crippen LogP contribution in [-0.4, -0.2) is 0 Å². The van der Waals surface area contributed by atoms with Gasteiger partial charge in [-0.05, 0) is 41.2 Å². The molecule has 2 aromatic rings. The average Bonchev–Trinajstić information content (AvgIpc) is 2.24.